The summed E-state index contributed by atoms with van der Waals surface area (Å²) in [5, 5.41) is 7.12. The molecule has 0 aliphatic carbocycles. The minimum atomic E-state index is -5.08. The number of rotatable bonds is 4. The van der Waals surface area contributed by atoms with Crippen LogP contribution in [-0.2, 0) is 4.79 Å². The monoisotopic (exact) mass is 394 g/mol. The Morgan fingerprint density at radius 3 is 2.38 bits per heavy atom. The molecule has 0 saturated carbocycles. The Labute approximate surface area is 155 Å². The Morgan fingerprint density at radius 2 is 1.92 bits per heavy atom. The zero-order valence-electron chi connectivity index (χ0n) is 15.3. The summed E-state index contributed by atoms with van der Waals surface area (Å²) in [6.45, 7) is 6.88. The Balaban J connectivity index is 0.000000412. The molecule has 0 bridgehead atoms. The number of hydrogen-bond donors (Lipinski definition) is 1. The SMILES string of the molecule is CC(C)CN1CCCC1c1ccc(C(=O)N(C)C)s1.O=C(O)C(F)(F)F. The van der Waals surface area contributed by atoms with Crippen molar-refractivity contribution >= 4 is 23.2 Å². The average Bonchev–Trinajstić information content (AvgIpc) is 3.13. The van der Waals surface area contributed by atoms with E-state index < -0.39 is 12.1 Å². The van der Waals surface area contributed by atoms with Gasteiger partial charge in [0.25, 0.3) is 5.91 Å². The van der Waals surface area contributed by atoms with Crippen LogP contribution in [0.5, 0.6) is 0 Å². The van der Waals surface area contributed by atoms with Crippen LogP contribution in [-0.4, -0.2) is 60.1 Å². The number of carboxylic acids is 1. The molecule has 26 heavy (non-hydrogen) atoms. The third kappa shape index (κ3) is 6.60. The third-order valence-electron chi connectivity index (χ3n) is 3.78. The predicted octanol–water partition coefficient (Wildman–Crippen LogP) is 3.88. The Hall–Kier alpha value is -1.61. The molecule has 1 amide bonds. The van der Waals surface area contributed by atoms with Crippen LogP contribution in [0.2, 0.25) is 0 Å². The number of aliphatic carboxylic acids is 1. The summed E-state index contributed by atoms with van der Waals surface area (Å²) in [6, 6.07) is 4.65. The van der Waals surface area contributed by atoms with Crippen molar-refractivity contribution < 1.29 is 27.9 Å². The van der Waals surface area contributed by atoms with E-state index in [0.29, 0.717) is 12.0 Å². The summed E-state index contributed by atoms with van der Waals surface area (Å²) in [5.41, 5.74) is 0. The summed E-state index contributed by atoms with van der Waals surface area (Å²) in [5.74, 6) is -1.94. The van der Waals surface area contributed by atoms with Crippen molar-refractivity contribution in [2.45, 2.75) is 38.9 Å². The first-order valence-electron chi connectivity index (χ1n) is 8.29. The minimum absolute atomic E-state index is 0.115. The molecule has 1 aromatic heterocycles. The lowest BCUT2D eigenvalue weighted by atomic mass is 10.1. The standard InChI is InChI=1S/C15H24N2OS.C2HF3O2/c1-11(2)10-17-9-5-6-12(17)13-7-8-14(19-13)15(18)16(3)4;3-2(4,5)1(6)7/h7-8,11-12H,5-6,9-10H2,1-4H3;(H,6,7). The van der Waals surface area contributed by atoms with Crippen molar-refractivity contribution in [1.29, 1.82) is 0 Å². The zero-order chi connectivity index (χ0) is 20.1. The average molecular weight is 394 g/mol. The third-order valence-corrected chi connectivity index (χ3v) is 4.95. The van der Waals surface area contributed by atoms with Crippen LogP contribution in [0.4, 0.5) is 13.2 Å². The van der Waals surface area contributed by atoms with Gasteiger partial charge in [0.15, 0.2) is 0 Å². The Morgan fingerprint density at radius 1 is 1.35 bits per heavy atom. The summed E-state index contributed by atoms with van der Waals surface area (Å²) in [4.78, 5) is 27.3. The molecule has 0 radical (unpaired) electrons. The van der Waals surface area contributed by atoms with E-state index in [-0.39, 0.29) is 5.91 Å². The maximum absolute atomic E-state index is 12.0. The highest BCUT2D eigenvalue weighted by atomic mass is 32.1. The molecule has 2 heterocycles. The normalized spacial score (nSPS) is 17.8. The van der Waals surface area contributed by atoms with Gasteiger partial charge in [-0.15, -0.1) is 11.3 Å². The molecule has 1 aliphatic rings. The van der Waals surface area contributed by atoms with Crippen molar-refractivity contribution in [2.24, 2.45) is 5.92 Å². The van der Waals surface area contributed by atoms with Gasteiger partial charge in [0.2, 0.25) is 0 Å². The van der Waals surface area contributed by atoms with E-state index in [9.17, 15) is 18.0 Å². The molecule has 148 valence electrons. The van der Waals surface area contributed by atoms with Gasteiger partial charge < -0.3 is 10.0 Å². The second kappa shape index (κ2) is 9.36. The van der Waals surface area contributed by atoms with E-state index in [1.54, 1.807) is 16.2 Å². The van der Waals surface area contributed by atoms with Crippen molar-refractivity contribution in [3.63, 3.8) is 0 Å². The van der Waals surface area contributed by atoms with Crippen LogP contribution in [0, 0.1) is 5.92 Å². The lowest BCUT2D eigenvalue weighted by Crippen LogP contribution is -2.26. The molecule has 1 aromatic rings. The van der Waals surface area contributed by atoms with Crippen LogP contribution in [0.1, 0.15) is 47.3 Å². The first kappa shape index (κ1) is 22.4. The van der Waals surface area contributed by atoms with Crippen LogP contribution < -0.4 is 0 Å². The second-order valence-corrected chi connectivity index (χ2v) is 7.87. The number of amides is 1. The van der Waals surface area contributed by atoms with E-state index in [1.165, 1.54) is 24.3 Å². The van der Waals surface area contributed by atoms with Crippen molar-refractivity contribution in [2.75, 3.05) is 27.2 Å². The number of hydrogen-bond acceptors (Lipinski definition) is 4. The Kier molecular flexibility index (Phi) is 8.08. The summed E-state index contributed by atoms with van der Waals surface area (Å²) in [7, 11) is 3.62. The molecule has 2 rings (SSSR count). The highest BCUT2D eigenvalue weighted by Gasteiger charge is 2.38. The lowest BCUT2D eigenvalue weighted by molar-refractivity contribution is -0.192. The van der Waals surface area contributed by atoms with E-state index in [0.717, 1.165) is 11.4 Å². The molecule has 0 aromatic carbocycles. The highest BCUT2D eigenvalue weighted by molar-refractivity contribution is 7.14. The summed E-state index contributed by atoms with van der Waals surface area (Å²) >= 11 is 1.66. The molecule has 5 nitrogen and oxygen atoms in total. The fourth-order valence-corrected chi connectivity index (χ4v) is 3.90. The van der Waals surface area contributed by atoms with Gasteiger partial charge in [0, 0.05) is 31.6 Å². The number of carboxylic acid groups (broad SMARTS) is 1. The smallest absolute Gasteiger partial charge is 0.475 e. The van der Waals surface area contributed by atoms with Crippen molar-refractivity contribution in [1.82, 2.24) is 9.80 Å². The molecule has 1 N–H and O–H groups in total. The van der Waals surface area contributed by atoms with E-state index in [1.807, 2.05) is 20.2 Å². The first-order chi connectivity index (χ1) is 11.9. The molecule has 1 fully saturated rings. The number of carbonyl (C=O) groups is 2. The maximum Gasteiger partial charge on any atom is 0.490 e. The van der Waals surface area contributed by atoms with Crippen LogP contribution >= 0.6 is 11.3 Å². The van der Waals surface area contributed by atoms with Crippen molar-refractivity contribution in [3.05, 3.63) is 21.9 Å². The first-order valence-corrected chi connectivity index (χ1v) is 9.10. The van der Waals surface area contributed by atoms with Gasteiger partial charge in [0.05, 0.1) is 4.88 Å². The quantitative estimate of drug-likeness (QED) is 0.842. The fraction of sp³-hybridized carbons (Fsp3) is 0.647. The van der Waals surface area contributed by atoms with Gasteiger partial charge in [-0.25, -0.2) is 4.79 Å². The number of likely N-dealkylation sites (tertiary alicyclic amines) is 1. The number of thiophene rings is 1. The number of alkyl halides is 3. The minimum Gasteiger partial charge on any atom is -0.475 e. The van der Waals surface area contributed by atoms with Crippen molar-refractivity contribution in [3.8, 4) is 0 Å². The van der Waals surface area contributed by atoms with Crippen LogP contribution in [0.15, 0.2) is 12.1 Å². The van der Waals surface area contributed by atoms with Gasteiger partial charge in [-0.2, -0.15) is 13.2 Å². The zero-order valence-corrected chi connectivity index (χ0v) is 16.2. The summed E-state index contributed by atoms with van der Waals surface area (Å²) in [6.07, 6.45) is -2.59. The van der Waals surface area contributed by atoms with E-state index >= 15 is 0 Å². The van der Waals surface area contributed by atoms with Crippen LogP contribution in [0.3, 0.4) is 0 Å². The Bertz CT molecular complexity index is 615. The largest absolute Gasteiger partial charge is 0.490 e. The van der Waals surface area contributed by atoms with Gasteiger partial charge in [0.1, 0.15) is 0 Å². The maximum atomic E-state index is 12.0. The number of carbonyl (C=O) groups excluding carboxylic acids is 1. The number of halogens is 3. The molecule has 1 unspecified atom stereocenters. The van der Waals surface area contributed by atoms with Crippen LogP contribution in [0.25, 0.3) is 0 Å². The lowest BCUT2D eigenvalue weighted by Gasteiger charge is -2.25. The molecule has 9 heteroatoms. The molecule has 1 atom stereocenters. The molecule has 1 aliphatic heterocycles. The fourth-order valence-electron chi connectivity index (χ4n) is 2.70. The van der Waals surface area contributed by atoms with Gasteiger partial charge in [-0.1, -0.05) is 13.8 Å². The summed E-state index contributed by atoms with van der Waals surface area (Å²) < 4.78 is 31.7. The molecular weight excluding hydrogens is 369 g/mol. The highest BCUT2D eigenvalue weighted by Crippen LogP contribution is 2.36. The molecule has 1 saturated heterocycles. The second-order valence-electron chi connectivity index (χ2n) is 6.75. The predicted molar refractivity (Wildman–Crippen MR) is 94.4 cm³/mol. The topological polar surface area (TPSA) is 60.9 Å². The van der Waals surface area contributed by atoms with E-state index in [4.69, 9.17) is 9.90 Å². The molecular formula is C17H25F3N2O3S. The number of nitrogens with zero attached hydrogens (tertiary/aromatic N) is 2. The van der Waals surface area contributed by atoms with Gasteiger partial charge in [-0.05, 0) is 37.4 Å². The van der Waals surface area contributed by atoms with Gasteiger partial charge >= 0.3 is 12.1 Å². The molecule has 0 spiro atoms. The van der Waals surface area contributed by atoms with Gasteiger partial charge in [-0.3, -0.25) is 9.69 Å². The van der Waals surface area contributed by atoms with E-state index in [2.05, 4.69) is 24.8 Å².